The van der Waals surface area contributed by atoms with E-state index in [1.807, 2.05) is 19.1 Å². The Morgan fingerprint density at radius 1 is 1.12 bits per heavy atom. The number of amides is 4. The van der Waals surface area contributed by atoms with E-state index >= 15 is 0 Å². The molecule has 1 saturated heterocycles. The average molecular weight is 472 g/mol. The van der Waals surface area contributed by atoms with E-state index in [4.69, 9.17) is 16.3 Å². The summed E-state index contributed by atoms with van der Waals surface area (Å²) in [6.45, 7) is 4.91. The van der Waals surface area contributed by atoms with E-state index in [2.05, 4.69) is 5.43 Å². The Morgan fingerprint density at radius 2 is 1.76 bits per heavy atom. The topological polar surface area (TPSA) is 96.0 Å². The minimum Gasteiger partial charge on any atom is -0.484 e. The Kier molecular flexibility index (Phi) is 7.71. The van der Waals surface area contributed by atoms with Crippen LogP contribution in [0.25, 0.3) is 0 Å². The highest BCUT2D eigenvalue weighted by Gasteiger charge is 2.45. The molecule has 33 heavy (non-hydrogen) atoms. The maximum atomic E-state index is 13.1. The average Bonchev–Trinajstić information content (AvgIpc) is 3.10. The minimum atomic E-state index is -1.14. The summed E-state index contributed by atoms with van der Waals surface area (Å²) in [7, 11) is 0. The quantitative estimate of drug-likeness (QED) is 0.494. The summed E-state index contributed by atoms with van der Waals surface area (Å²) in [5, 5.41) is 1.48. The molecule has 1 aliphatic heterocycles. The molecule has 0 bridgehead atoms. The van der Waals surface area contributed by atoms with Gasteiger partial charge in [-0.15, -0.1) is 0 Å². The van der Waals surface area contributed by atoms with Gasteiger partial charge in [0.2, 0.25) is 11.8 Å². The molecule has 1 N–H and O–H groups in total. The van der Waals surface area contributed by atoms with E-state index < -0.39 is 35.6 Å². The number of anilines is 1. The fourth-order valence-electron chi connectivity index (χ4n) is 3.38. The molecule has 0 saturated carbocycles. The zero-order valence-electron chi connectivity index (χ0n) is 18.7. The van der Waals surface area contributed by atoms with E-state index in [-0.39, 0.29) is 13.0 Å². The van der Waals surface area contributed by atoms with Gasteiger partial charge >= 0.3 is 0 Å². The molecule has 8 nitrogen and oxygen atoms in total. The number of carbonyl (C=O) groups excluding carboxylic acids is 4. The maximum Gasteiger partial charge on any atom is 0.276 e. The number of nitrogens with zero attached hydrogens (tertiary/aromatic N) is 2. The van der Waals surface area contributed by atoms with Crippen molar-refractivity contribution in [2.24, 2.45) is 5.92 Å². The Morgan fingerprint density at radius 3 is 2.33 bits per heavy atom. The highest BCUT2D eigenvalue weighted by molar-refractivity contribution is 6.30. The molecule has 0 aliphatic carbocycles. The van der Waals surface area contributed by atoms with Crippen molar-refractivity contribution < 1.29 is 23.9 Å². The second-order valence-electron chi connectivity index (χ2n) is 7.95. The van der Waals surface area contributed by atoms with E-state index in [1.54, 1.807) is 50.2 Å². The first kappa shape index (κ1) is 24.3. The van der Waals surface area contributed by atoms with Gasteiger partial charge in [-0.3, -0.25) is 24.6 Å². The van der Waals surface area contributed by atoms with Crippen LogP contribution in [-0.2, 0) is 25.6 Å². The molecule has 3 rings (SSSR count). The van der Waals surface area contributed by atoms with Crippen molar-refractivity contribution in [3.05, 3.63) is 59.1 Å². The van der Waals surface area contributed by atoms with E-state index in [1.165, 1.54) is 0 Å². The largest absolute Gasteiger partial charge is 0.484 e. The molecule has 0 spiro atoms. The van der Waals surface area contributed by atoms with Crippen LogP contribution in [0, 0.1) is 5.92 Å². The van der Waals surface area contributed by atoms with Gasteiger partial charge in [0, 0.05) is 10.9 Å². The van der Waals surface area contributed by atoms with Crippen molar-refractivity contribution in [1.29, 1.82) is 0 Å². The van der Waals surface area contributed by atoms with Gasteiger partial charge in [-0.1, -0.05) is 44.5 Å². The van der Waals surface area contributed by atoms with Crippen LogP contribution in [0.4, 0.5) is 5.69 Å². The third-order valence-corrected chi connectivity index (χ3v) is 5.45. The Labute approximate surface area is 197 Å². The lowest BCUT2D eigenvalue weighted by Crippen LogP contribution is -2.56. The third-order valence-electron chi connectivity index (χ3n) is 5.20. The molecule has 2 aromatic carbocycles. The van der Waals surface area contributed by atoms with Crippen molar-refractivity contribution in [2.75, 3.05) is 11.5 Å². The smallest absolute Gasteiger partial charge is 0.276 e. The number of benzene rings is 2. The summed E-state index contributed by atoms with van der Waals surface area (Å²) in [5.74, 6) is -2.22. The van der Waals surface area contributed by atoms with Crippen molar-refractivity contribution in [1.82, 2.24) is 10.4 Å². The van der Waals surface area contributed by atoms with Crippen molar-refractivity contribution in [2.45, 2.75) is 39.7 Å². The molecule has 4 amide bonds. The zero-order valence-corrected chi connectivity index (χ0v) is 19.5. The standard InChI is InChI=1S/C24H26ClN3O5/c1-4-16-5-9-18(10-6-16)27-22(30)13-20(24(27)32)28(23(31)15(2)3)26-21(29)14-33-19-11-7-17(25)8-12-19/h5-12,15,20H,4,13-14H2,1-3H3,(H,26,29). The molecule has 1 fully saturated rings. The molecule has 1 unspecified atom stereocenters. The number of hydrogen-bond donors (Lipinski definition) is 1. The fourth-order valence-corrected chi connectivity index (χ4v) is 3.51. The first-order valence-electron chi connectivity index (χ1n) is 10.7. The summed E-state index contributed by atoms with van der Waals surface area (Å²) in [4.78, 5) is 52.2. The number of hydrazine groups is 1. The molecule has 9 heteroatoms. The van der Waals surface area contributed by atoms with Gasteiger partial charge in [-0.05, 0) is 48.4 Å². The lowest BCUT2D eigenvalue weighted by Gasteiger charge is -2.29. The number of halogens is 1. The minimum absolute atomic E-state index is 0.231. The lowest BCUT2D eigenvalue weighted by molar-refractivity contribution is -0.150. The Balaban J connectivity index is 1.74. The van der Waals surface area contributed by atoms with Gasteiger partial charge in [0.05, 0.1) is 12.1 Å². The van der Waals surface area contributed by atoms with Crippen LogP contribution in [-0.4, -0.2) is 41.3 Å². The molecule has 1 aliphatic rings. The molecule has 2 aromatic rings. The number of nitrogens with one attached hydrogen (secondary N) is 1. The monoisotopic (exact) mass is 471 g/mol. The van der Waals surface area contributed by atoms with Crippen LogP contribution in [0.15, 0.2) is 48.5 Å². The summed E-state index contributed by atoms with van der Waals surface area (Å²) < 4.78 is 5.42. The summed E-state index contributed by atoms with van der Waals surface area (Å²) in [6.07, 6.45) is 0.594. The summed E-state index contributed by atoms with van der Waals surface area (Å²) in [6, 6.07) is 12.4. The molecule has 1 atom stereocenters. The number of hydrogen-bond acceptors (Lipinski definition) is 5. The third kappa shape index (κ3) is 5.70. The van der Waals surface area contributed by atoms with Gasteiger partial charge < -0.3 is 4.74 Å². The first-order chi connectivity index (χ1) is 15.7. The van der Waals surface area contributed by atoms with Crippen molar-refractivity contribution >= 4 is 40.9 Å². The molecule has 0 aromatic heterocycles. The number of aryl methyl sites for hydroxylation is 1. The van der Waals surface area contributed by atoms with Crippen LogP contribution in [0.2, 0.25) is 5.02 Å². The predicted molar refractivity (Wildman–Crippen MR) is 123 cm³/mol. The molecule has 0 radical (unpaired) electrons. The SMILES string of the molecule is CCc1ccc(N2C(=O)CC(N(NC(=O)COc3ccc(Cl)cc3)C(=O)C(C)C)C2=O)cc1. The number of ether oxygens (including phenoxy) is 1. The molecular weight excluding hydrogens is 446 g/mol. The number of rotatable bonds is 7. The second kappa shape index (κ2) is 10.5. The van der Waals surface area contributed by atoms with Crippen LogP contribution >= 0.6 is 11.6 Å². The molecular formula is C24H26ClN3O5. The number of imide groups is 1. The van der Waals surface area contributed by atoms with Crippen LogP contribution in [0.3, 0.4) is 0 Å². The summed E-state index contributed by atoms with van der Waals surface area (Å²) >= 11 is 5.83. The highest BCUT2D eigenvalue weighted by atomic mass is 35.5. The van der Waals surface area contributed by atoms with E-state index in [0.29, 0.717) is 16.5 Å². The highest BCUT2D eigenvalue weighted by Crippen LogP contribution is 2.26. The summed E-state index contributed by atoms with van der Waals surface area (Å²) in [5.41, 5.74) is 3.96. The second-order valence-corrected chi connectivity index (χ2v) is 8.38. The normalized spacial score (nSPS) is 15.7. The van der Waals surface area contributed by atoms with Crippen LogP contribution in [0.1, 0.15) is 32.8 Å². The maximum absolute atomic E-state index is 13.1. The molecule has 174 valence electrons. The van der Waals surface area contributed by atoms with Gasteiger partial charge in [0.15, 0.2) is 6.61 Å². The number of carbonyl (C=O) groups is 4. The van der Waals surface area contributed by atoms with Crippen molar-refractivity contribution in [3.8, 4) is 5.75 Å². The first-order valence-corrected chi connectivity index (χ1v) is 11.1. The van der Waals surface area contributed by atoms with E-state index in [9.17, 15) is 19.2 Å². The fraction of sp³-hybridized carbons (Fsp3) is 0.333. The zero-order chi connectivity index (χ0) is 24.1. The van der Waals surface area contributed by atoms with Crippen LogP contribution < -0.4 is 15.1 Å². The van der Waals surface area contributed by atoms with Gasteiger partial charge in [-0.25, -0.2) is 9.91 Å². The van der Waals surface area contributed by atoms with Crippen molar-refractivity contribution in [3.63, 3.8) is 0 Å². The van der Waals surface area contributed by atoms with Crippen LogP contribution in [0.5, 0.6) is 5.75 Å². The van der Waals surface area contributed by atoms with Gasteiger partial charge in [0.1, 0.15) is 11.8 Å². The molecule has 1 heterocycles. The van der Waals surface area contributed by atoms with Gasteiger partial charge in [-0.2, -0.15) is 0 Å². The van der Waals surface area contributed by atoms with Gasteiger partial charge in [0.25, 0.3) is 11.8 Å². The lowest BCUT2D eigenvalue weighted by atomic mass is 10.1. The Bertz CT molecular complexity index is 1040. The Hall–Kier alpha value is -3.39. The predicted octanol–water partition coefficient (Wildman–Crippen LogP) is 3.13. The van der Waals surface area contributed by atoms with E-state index in [0.717, 1.165) is 21.9 Å².